The number of benzene rings is 1. The van der Waals surface area contributed by atoms with Crippen molar-refractivity contribution in [2.75, 3.05) is 0 Å². The van der Waals surface area contributed by atoms with Crippen LogP contribution in [0.15, 0.2) is 24.3 Å². The highest BCUT2D eigenvalue weighted by Crippen LogP contribution is 2.43. The van der Waals surface area contributed by atoms with Gasteiger partial charge in [-0.25, -0.2) is 0 Å². The number of amides is 1. The number of rotatable bonds is 2. The molecular weight excluding hydrogens is 250 g/mol. The van der Waals surface area contributed by atoms with Crippen LogP contribution in [0.3, 0.4) is 0 Å². The Morgan fingerprint density at radius 1 is 1.35 bits per heavy atom. The fourth-order valence-corrected chi connectivity index (χ4v) is 3.81. The minimum absolute atomic E-state index is 0.0717. The molecule has 20 heavy (non-hydrogen) atoms. The van der Waals surface area contributed by atoms with Crippen LogP contribution >= 0.6 is 0 Å². The molecule has 3 rings (SSSR count). The standard InChI is InChI=1S/C17H23NO2/c1-17(2)9-5-8-13(17)16(20)18-15-12-7-4-3-6-11(12)10-14(15)19/h3-4,6-7,13-15,19H,5,8-10H2,1-2H3,(H,18,20)/t13?,14-,15+/m1/s1. The number of hydrogen-bond acceptors (Lipinski definition) is 2. The smallest absolute Gasteiger partial charge is 0.224 e. The zero-order valence-corrected chi connectivity index (χ0v) is 12.2. The van der Waals surface area contributed by atoms with E-state index in [1.807, 2.05) is 24.3 Å². The molecule has 0 saturated heterocycles. The zero-order chi connectivity index (χ0) is 14.3. The molecule has 0 radical (unpaired) electrons. The summed E-state index contributed by atoms with van der Waals surface area (Å²) < 4.78 is 0. The molecule has 2 aliphatic carbocycles. The SMILES string of the molecule is CC1(C)CCCC1C(=O)N[C@H]1c2ccccc2C[C@H]1O. The highest BCUT2D eigenvalue weighted by atomic mass is 16.3. The summed E-state index contributed by atoms with van der Waals surface area (Å²) in [5.41, 5.74) is 2.30. The first-order valence-corrected chi connectivity index (χ1v) is 7.55. The number of carbonyl (C=O) groups excluding carboxylic acids is 1. The number of fused-ring (bicyclic) bond motifs is 1. The van der Waals surface area contributed by atoms with Crippen LogP contribution in [-0.4, -0.2) is 17.1 Å². The van der Waals surface area contributed by atoms with E-state index in [-0.39, 0.29) is 23.3 Å². The summed E-state index contributed by atoms with van der Waals surface area (Å²) >= 11 is 0. The van der Waals surface area contributed by atoms with Crippen molar-refractivity contribution in [2.45, 2.75) is 51.7 Å². The first kappa shape index (κ1) is 13.6. The van der Waals surface area contributed by atoms with Crippen molar-refractivity contribution >= 4 is 5.91 Å². The Bertz CT molecular complexity index is 523. The second-order valence-electron chi connectivity index (χ2n) is 6.89. The fourth-order valence-electron chi connectivity index (χ4n) is 3.81. The largest absolute Gasteiger partial charge is 0.390 e. The molecule has 2 aliphatic rings. The lowest BCUT2D eigenvalue weighted by Gasteiger charge is -2.28. The van der Waals surface area contributed by atoms with Crippen LogP contribution in [-0.2, 0) is 11.2 Å². The molecule has 0 heterocycles. The van der Waals surface area contributed by atoms with Crippen LogP contribution in [0.2, 0.25) is 0 Å². The van der Waals surface area contributed by atoms with Gasteiger partial charge in [0.1, 0.15) is 0 Å². The molecule has 1 aromatic rings. The predicted octanol–water partition coefficient (Wildman–Crippen LogP) is 2.59. The molecular formula is C17H23NO2. The lowest BCUT2D eigenvalue weighted by Crippen LogP contribution is -2.40. The Hall–Kier alpha value is -1.35. The summed E-state index contributed by atoms with van der Waals surface area (Å²) in [4.78, 5) is 12.6. The van der Waals surface area contributed by atoms with Gasteiger partial charge in [0.2, 0.25) is 5.91 Å². The summed E-state index contributed by atoms with van der Waals surface area (Å²) in [6.07, 6.45) is 3.32. The van der Waals surface area contributed by atoms with Crippen molar-refractivity contribution < 1.29 is 9.90 Å². The second kappa shape index (κ2) is 4.88. The molecule has 1 unspecified atom stereocenters. The Morgan fingerprint density at radius 2 is 2.10 bits per heavy atom. The first-order chi connectivity index (χ1) is 9.49. The van der Waals surface area contributed by atoms with Gasteiger partial charge in [0.15, 0.2) is 0 Å². The molecule has 0 aliphatic heterocycles. The molecule has 2 N–H and O–H groups in total. The summed E-state index contributed by atoms with van der Waals surface area (Å²) in [7, 11) is 0. The average Bonchev–Trinajstić information content (AvgIpc) is 2.90. The van der Waals surface area contributed by atoms with Gasteiger partial charge in [-0.3, -0.25) is 4.79 Å². The van der Waals surface area contributed by atoms with Crippen molar-refractivity contribution in [2.24, 2.45) is 11.3 Å². The van der Waals surface area contributed by atoms with Gasteiger partial charge in [0.05, 0.1) is 12.1 Å². The van der Waals surface area contributed by atoms with Gasteiger partial charge in [-0.15, -0.1) is 0 Å². The Kier molecular flexibility index (Phi) is 3.33. The van der Waals surface area contributed by atoms with E-state index < -0.39 is 6.10 Å². The first-order valence-electron chi connectivity index (χ1n) is 7.55. The van der Waals surface area contributed by atoms with Crippen molar-refractivity contribution in [3.05, 3.63) is 35.4 Å². The maximum absolute atomic E-state index is 12.6. The highest BCUT2D eigenvalue weighted by Gasteiger charge is 2.41. The van der Waals surface area contributed by atoms with Gasteiger partial charge in [-0.05, 0) is 29.4 Å². The van der Waals surface area contributed by atoms with Crippen molar-refractivity contribution in [1.82, 2.24) is 5.32 Å². The summed E-state index contributed by atoms with van der Waals surface area (Å²) in [5.74, 6) is 0.177. The van der Waals surface area contributed by atoms with Gasteiger partial charge in [-0.1, -0.05) is 44.5 Å². The van der Waals surface area contributed by atoms with E-state index in [4.69, 9.17) is 0 Å². The lowest BCUT2D eigenvalue weighted by molar-refractivity contribution is -0.129. The van der Waals surface area contributed by atoms with E-state index in [1.165, 1.54) is 0 Å². The van der Waals surface area contributed by atoms with E-state index in [0.29, 0.717) is 6.42 Å². The molecule has 0 spiro atoms. The van der Waals surface area contributed by atoms with Crippen LogP contribution in [0.4, 0.5) is 0 Å². The molecule has 1 saturated carbocycles. The number of aliphatic hydroxyl groups excluding tert-OH is 1. The van der Waals surface area contributed by atoms with Crippen LogP contribution in [0.5, 0.6) is 0 Å². The third-order valence-electron chi connectivity index (χ3n) is 5.08. The normalized spacial score (nSPS) is 31.1. The van der Waals surface area contributed by atoms with E-state index in [9.17, 15) is 9.90 Å². The Morgan fingerprint density at radius 3 is 2.80 bits per heavy atom. The third-order valence-corrected chi connectivity index (χ3v) is 5.08. The molecule has 0 aromatic heterocycles. The van der Waals surface area contributed by atoms with Crippen molar-refractivity contribution in [3.63, 3.8) is 0 Å². The molecule has 1 aromatic carbocycles. The number of nitrogens with one attached hydrogen (secondary N) is 1. The fraction of sp³-hybridized carbons (Fsp3) is 0.588. The van der Waals surface area contributed by atoms with Gasteiger partial charge in [0.25, 0.3) is 0 Å². The van der Waals surface area contributed by atoms with Crippen LogP contribution < -0.4 is 5.32 Å². The molecule has 108 valence electrons. The summed E-state index contributed by atoms with van der Waals surface area (Å²) in [6.45, 7) is 4.34. The highest BCUT2D eigenvalue weighted by molar-refractivity contribution is 5.80. The van der Waals surface area contributed by atoms with Crippen LogP contribution in [0.25, 0.3) is 0 Å². The minimum Gasteiger partial charge on any atom is -0.390 e. The summed E-state index contributed by atoms with van der Waals surface area (Å²) in [6, 6.07) is 7.75. The van der Waals surface area contributed by atoms with Gasteiger partial charge < -0.3 is 10.4 Å². The van der Waals surface area contributed by atoms with Crippen LogP contribution in [0.1, 0.15) is 50.3 Å². The molecule has 3 nitrogen and oxygen atoms in total. The molecule has 0 bridgehead atoms. The second-order valence-corrected chi connectivity index (χ2v) is 6.89. The van der Waals surface area contributed by atoms with Crippen molar-refractivity contribution in [3.8, 4) is 0 Å². The predicted molar refractivity (Wildman–Crippen MR) is 78.2 cm³/mol. The van der Waals surface area contributed by atoms with Gasteiger partial charge in [-0.2, -0.15) is 0 Å². The van der Waals surface area contributed by atoms with Crippen molar-refractivity contribution in [1.29, 1.82) is 0 Å². The number of hydrogen-bond donors (Lipinski definition) is 2. The van der Waals surface area contributed by atoms with E-state index >= 15 is 0 Å². The maximum Gasteiger partial charge on any atom is 0.224 e. The topological polar surface area (TPSA) is 49.3 Å². The van der Waals surface area contributed by atoms with E-state index in [2.05, 4.69) is 19.2 Å². The molecule has 3 heteroatoms. The van der Waals surface area contributed by atoms with E-state index in [1.54, 1.807) is 0 Å². The van der Waals surface area contributed by atoms with E-state index in [0.717, 1.165) is 30.4 Å². The Balaban J connectivity index is 1.77. The van der Waals surface area contributed by atoms with Crippen LogP contribution in [0, 0.1) is 11.3 Å². The molecule has 1 fully saturated rings. The monoisotopic (exact) mass is 273 g/mol. The number of carbonyl (C=O) groups is 1. The lowest BCUT2D eigenvalue weighted by atomic mass is 9.81. The zero-order valence-electron chi connectivity index (χ0n) is 12.2. The number of aliphatic hydroxyl groups is 1. The molecule has 3 atom stereocenters. The van der Waals surface area contributed by atoms with Gasteiger partial charge in [0, 0.05) is 12.3 Å². The quantitative estimate of drug-likeness (QED) is 0.870. The minimum atomic E-state index is -0.499. The van der Waals surface area contributed by atoms with Gasteiger partial charge >= 0.3 is 0 Å². The maximum atomic E-state index is 12.6. The average molecular weight is 273 g/mol. The third kappa shape index (κ3) is 2.24. The summed E-state index contributed by atoms with van der Waals surface area (Å²) in [5, 5.41) is 13.3. The molecule has 1 amide bonds. The Labute approximate surface area is 120 Å².